The largest absolute Gasteiger partial charge is 0.488 e. The maximum Gasteiger partial charge on any atom is 0.148 e. The van der Waals surface area contributed by atoms with Crippen LogP contribution in [0.1, 0.15) is 36.1 Å². The van der Waals surface area contributed by atoms with Gasteiger partial charge in [-0.25, -0.2) is 4.39 Å². The molecule has 1 saturated carbocycles. The Labute approximate surface area is 173 Å². The molecule has 0 amide bonds. The van der Waals surface area contributed by atoms with E-state index in [1.54, 1.807) is 17.4 Å². The molecule has 0 bridgehead atoms. The summed E-state index contributed by atoms with van der Waals surface area (Å²) in [6, 6.07) is 4.55. The van der Waals surface area contributed by atoms with Gasteiger partial charge >= 0.3 is 0 Å². The first-order valence-electron chi connectivity index (χ1n) is 9.93. The van der Waals surface area contributed by atoms with Crippen molar-refractivity contribution in [3.63, 3.8) is 0 Å². The molecule has 1 aliphatic carbocycles. The van der Waals surface area contributed by atoms with Crippen molar-refractivity contribution in [2.24, 2.45) is 7.05 Å². The van der Waals surface area contributed by atoms with Crippen molar-refractivity contribution in [1.29, 1.82) is 0 Å². The topological polar surface area (TPSA) is 59.3 Å². The van der Waals surface area contributed by atoms with Crippen LogP contribution in [0, 0.1) is 12.7 Å². The minimum atomic E-state index is -0.337. The highest BCUT2D eigenvalue weighted by Gasteiger charge is 2.23. The van der Waals surface area contributed by atoms with E-state index in [4.69, 9.17) is 4.74 Å². The first-order chi connectivity index (χ1) is 14.0. The van der Waals surface area contributed by atoms with Gasteiger partial charge in [0.25, 0.3) is 0 Å². The van der Waals surface area contributed by atoms with E-state index in [1.807, 2.05) is 17.8 Å². The highest BCUT2D eigenvalue weighted by Crippen LogP contribution is 2.39. The number of rotatable bonds is 6. The fourth-order valence-corrected chi connectivity index (χ4v) is 5.08. The molecule has 0 saturated heterocycles. The summed E-state index contributed by atoms with van der Waals surface area (Å²) in [5.74, 6) is 1.01. The van der Waals surface area contributed by atoms with Crippen LogP contribution in [0.15, 0.2) is 30.9 Å². The van der Waals surface area contributed by atoms with Crippen molar-refractivity contribution in [3.8, 4) is 5.75 Å². The monoisotopic (exact) mass is 415 g/mol. The number of hydrogen-bond acceptors (Lipinski definition) is 5. The molecule has 4 rings (SSSR count). The fourth-order valence-electron chi connectivity index (χ4n) is 3.88. The van der Waals surface area contributed by atoms with Crippen LogP contribution in [-0.4, -0.2) is 27.1 Å². The average Bonchev–Trinajstić information content (AvgIpc) is 3.15. The summed E-state index contributed by atoms with van der Waals surface area (Å²) < 4.78 is 21.9. The van der Waals surface area contributed by atoms with Crippen molar-refractivity contribution >= 4 is 33.1 Å². The molecule has 1 aromatic carbocycles. The Morgan fingerprint density at radius 2 is 2.14 bits per heavy atom. The first-order valence-corrected chi connectivity index (χ1v) is 10.7. The zero-order valence-corrected chi connectivity index (χ0v) is 17.6. The maximum atomic E-state index is 14.0. The molecule has 0 atom stereocenters. The van der Waals surface area contributed by atoms with Crippen LogP contribution in [0.2, 0.25) is 0 Å². The molecular weight excluding hydrogens is 389 g/mol. The second-order valence-corrected chi connectivity index (χ2v) is 8.69. The Morgan fingerprint density at radius 1 is 1.38 bits per heavy atom. The minimum Gasteiger partial charge on any atom is -0.488 e. The van der Waals surface area contributed by atoms with Gasteiger partial charge in [-0.3, -0.25) is 4.68 Å². The second-order valence-electron chi connectivity index (χ2n) is 7.61. The van der Waals surface area contributed by atoms with Crippen LogP contribution >= 0.6 is 11.3 Å². The van der Waals surface area contributed by atoms with Crippen LogP contribution < -0.4 is 10.1 Å². The summed E-state index contributed by atoms with van der Waals surface area (Å²) in [5, 5.41) is 18.9. The fraction of sp³-hybridized carbons (Fsp3) is 0.409. The molecule has 7 heteroatoms. The van der Waals surface area contributed by atoms with Crippen LogP contribution in [0.3, 0.4) is 0 Å². The smallest absolute Gasteiger partial charge is 0.148 e. The number of nitrogens with zero attached hydrogens (tertiary/aromatic N) is 2. The molecule has 2 N–H and O–H groups in total. The first kappa shape index (κ1) is 19.9. The number of halogens is 1. The summed E-state index contributed by atoms with van der Waals surface area (Å²) in [6.45, 7) is 5.93. The molecule has 1 fully saturated rings. The molecule has 154 valence electrons. The van der Waals surface area contributed by atoms with E-state index in [1.165, 1.54) is 22.6 Å². The number of aliphatic hydroxyl groups is 1. The third kappa shape index (κ3) is 4.02. The third-order valence-corrected chi connectivity index (χ3v) is 6.69. The van der Waals surface area contributed by atoms with Crippen LogP contribution in [0.5, 0.6) is 5.75 Å². The number of fused-ring (bicyclic) bond motifs is 1. The number of nitrogens with one attached hydrogen (secondary N) is 1. The van der Waals surface area contributed by atoms with Crippen molar-refractivity contribution in [2.75, 3.05) is 5.32 Å². The Balaban J connectivity index is 1.66. The van der Waals surface area contributed by atoms with Crippen molar-refractivity contribution < 1.29 is 14.2 Å². The molecular formula is C22H26FN3O2S. The molecule has 1 aliphatic rings. The average molecular weight is 416 g/mol. The van der Waals surface area contributed by atoms with Gasteiger partial charge < -0.3 is 15.2 Å². The molecule has 3 aromatic rings. The predicted octanol–water partition coefficient (Wildman–Crippen LogP) is 5.24. The lowest BCUT2D eigenvalue weighted by molar-refractivity contribution is 0.0668. The summed E-state index contributed by atoms with van der Waals surface area (Å²) in [6.07, 6.45) is 5.40. The van der Waals surface area contributed by atoms with Gasteiger partial charge in [0.05, 0.1) is 23.3 Å². The molecule has 0 aliphatic heterocycles. The zero-order valence-electron chi connectivity index (χ0n) is 16.7. The second kappa shape index (κ2) is 8.16. The number of anilines is 2. The lowest BCUT2D eigenvalue weighted by atomic mass is 9.95. The van der Waals surface area contributed by atoms with E-state index in [-0.39, 0.29) is 18.0 Å². The normalized spacial score (nSPS) is 19.4. The van der Waals surface area contributed by atoms with E-state index < -0.39 is 0 Å². The van der Waals surface area contributed by atoms with Crippen LogP contribution in [0.25, 0.3) is 10.2 Å². The molecule has 29 heavy (non-hydrogen) atoms. The molecule has 2 aromatic heterocycles. The van der Waals surface area contributed by atoms with Crippen molar-refractivity contribution in [2.45, 2.75) is 51.2 Å². The minimum absolute atomic E-state index is 0.0191. The number of aromatic nitrogens is 2. The molecule has 2 heterocycles. The lowest BCUT2D eigenvalue weighted by Gasteiger charge is -2.27. The Bertz CT molecular complexity index is 1030. The lowest BCUT2D eigenvalue weighted by Crippen LogP contribution is -2.26. The van der Waals surface area contributed by atoms with Gasteiger partial charge in [0.1, 0.15) is 22.2 Å². The Hall–Kier alpha value is -2.38. The zero-order chi connectivity index (χ0) is 20.5. The van der Waals surface area contributed by atoms with Gasteiger partial charge in [0.15, 0.2) is 0 Å². The maximum absolute atomic E-state index is 14.0. The Morgan fingerprint density at radius 3 is 2.86 bits per heavy atom. The quantitative estimate of drug-likeness (QED) is 0.541. The number of allylic oxidation sites excluding steroid dienone is 1. The summed E-state index contributed by atoms with van der Waals surface area (Å²) in [5.41, 5.74) is 1.89. The summed E-state index contributed by atoms with van der Waals surface area (Å²) >= 11 is 1.67. The van der Waals surface area contributed by atoms with E-state index in [2.05, 4.69) is 23.9 Å². The molecule has 0 unspecified atom stereocenters. The highest BCUT2D eigenvalue weighted by molar-refractivity contribution is 7.19. The molecule has 5 nitrogen and oxygen atoms in total. The summed E-state index contributed by atoms with van der Waals surface area (Å²) in [7, 11) is 1.90. The van der Waals surface area contributed by atoms with Gasteiger partial charge in [-0.15, -0.1) is 17.9 Å². The van der Waals surface area contributed by atoms with Gasteiger partial charge in [0.2, 0.25) is 0 Å². The van der Waals surface area contributed by atoms with Gasteiger partial charge in [-0.2, -0.15) is 5.10 Å². The van der Waals surface area contributed by atoms with Crippen LogP contribution in [-0.2, 0) is 13.5 Å². The van der Waals surface area contributed by atoms with E-state index in [0.29, 0.717) is 24.3 Å². The number of benzene rings is 1. The number of thiophene rings is 1. The summed E-state index contributed by atoms with van der Waals surface area (Å²) in [4.78, 5) is 2.22. The standard InChI is InChI=1S/C22H26FN3O2S/c1-4-5-19-13(2)20-21(26(3)25-22(20)29-19)24-17-11-6-14(23)12-18(17)28-16-9-7-15(27)8-10-16/h4,6,11-12,15-16,24,27H,1,5,7-10H2,2-3H3. The van der Waals surface area contributed by atoms with Gasteiger partial charge in [-0.05, 0) is 56.7 Å². The third-order valence-electron chi connectivity index (χ3n) is 5.49. The number of aliphatic hydroxyl groups excluding tert-OH is 1. The van der Waals surface area contributed by atoms with Gasteiger partial charge in [-0.1, -0.05) is 6.08 Å². The highest BCUT2D eigenvalue weighted by atomic mass is 32.1. The number of ether oxygens (including phenoxy) is 1. The van der Waals surface area contributed by atoms with Crippen LogP contribution in [0.4, 0.5) is 15.9 Å². The Kier molecular flexibility index (Phi) is 5.61. The SMILES string of the molecule is C=CCc1sc2nn(C)c(Nc3ccc(F)cc3OC3CCC(O)CC3)c2c1C. The predicted molar refractivity (Wildman–Crippen MR) is 116 cm³/mol. The number of aryl methyl sites for hydroxylation is 2. The van der Waals surface area contributed by atoms with Gasteiger partial charge in [0, 0.05) is 18.0 Å². The van der Waals surface area contributed by atoms with Crippen molar-refractivity contribution in [1.82, 2.24) is 9.78 Å². The number of hydrogen-bond donors (Lipinski definition) is 2. The molecule has 0 radical (unpaired) electrons. The molecule has 0 spiro atoms. The van der Waals surface area contributed by atoms with E-state index >= 15 is 0 Å². The van der Waals surface area contributed by atoms with E-state index in [9.17, 15) is 9.50 Å². The van der Waals surface area contributed by atoms with E-state index in [0.717, 1.165) is 35.3 Å². The van der Waals surface area contributed by atoms with Crippen molar-refractivity contribution in [3.05, 3.63) is 47.1 Å².